The predicted molar refractivity (Wildman–Crippen MR) is 129 cm³/mol. The van der Waals surface area contributed by atoms with Gasteiger partial charge in [0.05, 0.1) is 34.5 Å². The number of esters is 1. The maximum absolute atomic E-state index is 12.4. The Hall–Kier alpha value is -2.62. The Labute approximate surface area is 202 Å². The standard InChI is InChI=1S/C22H15Cl2IN2O4/c1-30-20-10-13(12-26-27-21(28)15-4-2-3-5-18(15)25)6-9-19(20)31-22(29)14-7-8-16(23)17(24)11-14/h2-12H,1H3,(H,27,28)/b26-12+. The number of carbonyl (C=O) groups excluding carboxylic acids is 2. The zero-order valence-electron chi connectivity index (χ0n) is 16.1. The van der Waals surface area contributed by atoms with Crippen LogP contribution in [0.1, 0.15) is 26.3 Å². The number of ether oxygens (including phenoxy) is 2. The third kappa shape index (κ3) is 5.96. The van der Waals surface area contributed by atoms with Crippen molar-refractivity contribution in [3.63, 3.8) is 0 Å². The Morgan fingerprint density at radius 1 is 1.00 bits per heavy atom. The summed E-state index contributed by atoms with van der Waals surface area (Å²) in [7, 11) is 1.45. The van der Waals surface area contributed by atoms with Gasteiger partial charge in [0.15, 0.2) is 11.5 Å². The van der Waals surface area contributed by atoms with Crippen LogP contribution in [0.2, 0.25) is 10.0 Å². The van der Waals surface area contributed by atoms with Gasteiger partial charge >= 0.3 is 5.97 Å². The topological polar surface area (TPSA) is 77.0 Å². The summed E-state index contributed by atoms with van der Waals surface area (Å²) in [5.41, 5.74) is 3.89. The number of rotatable bonds is 6. The fraction of sp³-hybridized carbons (Fsp3) is 0.0455. The van der Waals surface area contributed by atoms with E-state index in [4.69, 9.17) is 32.7 Å². The zero-order chi connectivity index (χ0) is 22.4. The van der Waals surface area contributed by atoms with Gasteiger partial charge in [-0.25, -0.2) is 10.2 Å². The molecule has 0 bridgehead atoms. The molecule has 0 aliphatic rings. The number of hydrogen-bond donors (Lipinski definition) is 1. The normalized spacial score (nSPS) is 10.7. The lowest BCUT2D eigenvalue weighted by molar-refractivity contribution is 0.0729. The van der Waals surface area contributed by atoms with Crippen LogP contribution in [-0.4, -0.2) is 25.2 Å². The molecule has 158 valence electrons. The number of nitrogens with one attached hydrogen (secondary N) is 1. The fourth-order valence-corrected chi connectivity index (χ4v) is 3.43. The van der Waals surface area contributed by atoms with Crippen molar-refractivity contribution in [2.24, 2.45) is 5.10 Å². The second-order valence-electron chi connectivity index (χ2n) is 6.11. The van der Waals surface area contributed by atoms with Crippen LogP contribution in [0.3, 0.4) is 0 Å². The van der Waals surface area contributed by atoms with E-state index >= 15 is 0 Å². The average Bonchev–Trinajstić information content (AvgIpc) is 2.76. The molecule has 6 nitrogen and oxygen atoms in total. The summed E-state index contributed by atoms with van der Waals surface area (Å²) in [5, 5.41) is 4.57. The molecule has 3 rings (SSSR count). The van der Waals surface area contributed by atoms with Crippen LogP contribution >= 0.6 is 45.8 Å². The molecule has 0 aromatic heterocycles. The molecule has 3 aromatic rings. The second kappa shape index (κ2) is 10.6. The Balaban J connectivity index is 1.70. The summed E-state index contributed by atoms with van der Waals surface area (Å²) in [4.78, 5) is 24.6. The number of carbonyl (C=O) groups is 2. The van der Waals surface area contributed by atoms with Crippen LogP contribution in [0.15, 0.2) is 65.8 Å². The van der Waals surface area contributed by atoms with Gasteiger partial charge in [0.25, 0.3) is 5.91 Å². The average molecular weight is 569 g/mol. The van der Waals surface area contributed by atoms with Crippen LogP contribution < -0.4 is 14.9 Å². The minimum Gasteiger partial charge on any atom is -0.493 e. The Morgan fingerprint density at radius 3 is 2.48 bits per heavy atom. The van der Waals surface area contributed by atoms with E-state index in [1.165, 1.54) is 31.5 Å². The molecule has 0 atom stereocenters. The number of halogens is 3. The summed E-state index contributed by atoms with van der Waals surface area (Å²) in [6.45, 7) is 0. The first-order valence-electron chi connectivity index (χ1n) is 8.82. The lowest BCUT2D eigenvalue weighted by Gasteiger charge is -2.10. The van der Waals surface area contributed by atoms with Crippen molar-refractivity contribution in [3.8, 4) is 11.5 Å². The van der Waals surface area contributed by atoms with Gasteiger partial charge in [-0.2, -0.15) is 5.10 Å². The van der Waals surface area contributed by atoms with Crippen molar-refractivity contribution in [3.05, 3.63) is 91.0 Å². The number of methoxy groups -OCH3 is 1. The molecule has 1 N–H and O–H groups in total. The first kappa shape index (κ1) is 23.1. The fourth-order valence-electron chi connectivity index (χ4n) is 2.50. The van der Waals surface area contributed by atoms with Crippen LogP contribution in [0, 0.1) is 3.57 Å². The molecule has 0 spiro atoms. The summed E-state index contributed by atoms with van der Waals surface area (Å²) in [6.07, 6.45) is 1.46. The molecular formula is C22H15Cl2IN2O4. The molecular weight excluding hydrogens is 554 g/mol. The number of benzene rings is 3. The number of hydrogen-bond acceptors (Lipinski definition) is 5. The maximum Gasteiger partial charge on any atom is 0.343 e. The summed E-state index contributed by atoms with van der Waals surface area (Å²) >= 11 is 13.9. The SMILES string of the molecule is COc1cc(/C=N/NC(=O)c2ccccc2I)ccc1OC(=O)c1ccc(Cl)c(Cl)c1. The molecule has 1 amide bonds. The molecule has 0 saturated carbocycles. The smallest absolute Gasteiger partial charge is 0.343 e. The molecule has 0 unspecified atom stereocenters. The molecule has 0 aliphatic heterocycles. The molecule has 0 aliphatic carbocycles. The van der Waals surface area contributed by atoms with E-state index in [1.807, 2.05) is 12.1 Å². The van der Waals surface area contributed by atoms with Crippen LogP contribution in [0.4, 0.5) is 0 Å². The Morgan fingerprint density at radius 2 is 1.77 bits per heavy atom. The van der Waals surface area contributed by atoms with Gasteiger partial charge < -0.3 is 9.47 Å². The van der Waals surface area contributed by atoms with Crippen LogP contribution in [0.25, 0.3) is 0 Å². The largest absolute Gasteiger partial charge is 0.493 e. The minimum atomic E-state index is -0.608. The first-order chi connectivity index (χ1) is 14.9. The van der Waals surface area contributed by atoms with E-state index in [9.17, 15) is 9.59 Å². The highest BCUT2D eigenvalue weighted by atomic mass is 127. The molecule has 0 radical (unpaired) electrons. The Kier molecular flexibility index (Phi) is 7.89. The van der Waals surface area contributed by atoms with Crippen molar-refractivity contribution >= 4 is 63.9 Å². The summed E-state index contributed by atoms with van der Waals surface area (Å²) in [5.74, 6) is -0.386. The van der Waals surface area contributed by atoms with E-state index < -0.39 is 5.97 Å². The van der Waals surface area contributed by atoms with Gasteiger partial charge in [0.2, 0.25) is 0 Å². The van der Waals surface area contributed by atoms with E-state index in [0.717, 1.165) is 3.57 Å². The zero-order valence-corrected chi connectivity index (χ0v) is 19.7. The molecule has 0 saturated heterocycles. The number of nitrogens with zero attached hydrogens (tertiary/aromatic N) is 1. The second-order valence-corrected chi connectivity index (χ2v) is 8.08. The number of amides is 1. The van der Waals surface area contributed by atoms with E-state index in [0.29, 0.717) is 21.9 Å². The monoisotopic (exact) mass is 568 g/mol. The van der Waals surface area contributed by atoms with Gasteiger partial charge in [-0.05, 0) is 76.7 Å². The van der Waals surface area contributed by atoms with Gasteiger partial charge in [0, 0.05) is 3.57 Å². The lowest BCUT2D eigenvalue weighted by atomic mass is 10.2. The third-order valence-corrected chi connectivity index (χ3v) is 5.72. The highest BCUT2D eigenvalue weighted by Crippen LogP contribution is 2.29. The molecule has 3 aromatic carbocycles. The van der Waals surface area contributed by atoms with Crippen molar-refractivity contribution < 1.29 is 19.1 Å². The van der Waals surface area contributed by atoms with Crippen molar-refractivity contribution in [1.82, 2.24) is 5.43 Å². The van der Waals surface area contributed by atoms with E-state index in [1.54, 1.807) is 30.3 Å². The molecule has 9 heteroatoms. The highest BCUT2D eigenvalue weighted by Gasteiger charge is 2.14. The quantitative estimate of drug-likeness (QED) is 0.138. The lowest BCUT2D eigenvalue weighted by Crippen LogP contribution is -2.18. The van der Waals surface area contributed by atoms with Gasteiger partial charge in [-0.15, -0.1) is 0 Å². The third-order valence-electron chi connectivity index (χ3n) is 4.04. The van der Waals surface area contributed by atoms with E-state index in [-0.39, 0.29) is 22.2 Å². The minimum absolute atomic E-state index is 0.221. The molecule has 0 heterocycles. The Bertz CT molecular complexity index is 1170. The maximum atomic E-state index is 12.4. The van der Waals surface area contributed by atoms with Crippen molar-refractivity contribution in [2.75, 3.05) is 7.11 Å². The van der Waals surface area contributed by atoms with Crippen molar-refractivity contribution in [1.29, 1.82) is 0 Å². The highest BCUT2D eigenvalue weighted by molar-refractivity contribution is 14.1. The van der Waals surface area contributed by atoms with Gasteiger partial charge in [0.1, 0.15) is 0 Å². The van der Waals surface area contributed by atoms with Crippen LogP contribution in [-0.2, 0) is 0 Å². The molecule has 31 heavy (non-hydrogen) atoms. The van der Waals surface area contributed by atoms with E-state index in [2.05, 4.69) is 33.1 Å². The van der Waals surface area contributed by atoms with Crippen molar-refractivity contribution in [2.45, 2.75) is 0 Å². The first-order valence-corrected chi connectivity index (χ1v) is 10.7. The van der Waals surface area contributed by atoms with Crippen LogP contribution in [0.5, 0.6) is 11.5 Å². The van der Waals surface area contributed by atoms with Gasteiger partial charge in [-0.3, -0.25) is 4.79 Å². The van der Waals surface area contributed by atoms with Gasteiger partial charge in [-0.1, -0.05) is 35.3 Å². The predicted octanol–water partition coefficient (Wildman–Crippen LogP) is 5.59. The summed E-state index contributed by atoms with van der Waals surface area (Å²) < 4.78 is 11.5. The summed E-state index contributed by atoms with van der Waals surface area (Å²) in [6, 6.07) is 16.5. The number of hydrazone groups is 1. The molecule has 0 fully saturated rings.